The van der Waals surface area contributed by atoms with E-state index in [-0.39, 0.29) is 22.9 Å². The van der Waals surface area contributed by atoms with Gasteiger partial charge < -0.3 is 10.6 Å². The summed E-state index contributed by atoms with van der Waals surface area (Å²) >= 11 is 12.6. The Bertz CT molecular complexity index is 953. The summed E-state index contributed by atoms with van der Waals surface area (Å²) in [5, 5.41) is 11.2. The molecule has 2 aromatic rings. The van der Waals surface area contributed by atoms with Gasteiger partial charge in [-0.1, -0.05) is 41.8 Å². The molecule has 1 fully saturated rings. The molecule has 9 heteroatoms. The zero-order valence-corrected chi connectivity index (χ0v) is 18.7. The second-order valence-corrected chi connectivity index (χ2v) is 8.97. The fourth-order valence-electron chi connectivity index (χ4n) is 4.35. The van der Waals surface area contributed by atoms with Crippen molar-refractivity contribution in [2.45, 2.75) is 38.6 Å². The molecule has 1 saturated heterocycles. The largest absolute Gasteiger partial charge is 0.345 e. The molecule has 0 bridgehead atoms. The Balaban J connectivity index is 1.51. The van der Waals surface area contributed by atoms with E-state index in [1.165, 1.54) is 24.4 Å². The minimum Gasteiger partial charge on any atom is -0.345 e. The van der Waals surface area contributed by atoms with Crippen molar-refractivity contribution in [3.05, 3.63) is 40.0 Å². The van der Waals surface area contributed by atoms with Gasteiger partial charge in [0.1, 0.15) is 5.15 Å². The highest BCUT2D eigenvalue weighted by Gasteiger charge is 2.31. The molecule has 30 heavy (non-hydrogen) atoms. The Morgan fingerprint density at radius 1 is 1.30 bits per heavy atom. The molecule has 0 spiro atoms. The van der Waals surface area contributed by atoms with E-state index in [1.807, 2.05) is 0 Å². The molecule has 0 radical (unpaired) electrons. The highest BCUT2D eigenvalue weighted by Crippen LogP contribution is 2.33. The fourth-order valence-corrected chi connectivity index (χ4v) is 4.84. The van der Waals surface area contributed by atoms with E-state index in [1.54, 1.807) is 11.7 Å². The molecular weight excluding hydrogens is 423 g/mol. The minimum absolute atomic E-state index is 0.0134. The third-order valence-corrected chi connectivity index (χ3v) is 6.64. The van der Waals surface area contributed by atoms with Crippen molar-refractivity contribution in [3.63, 3.8) is 0 Å². The van der Waals surface area contributed by atoms with E-state index in [9.17, 15) is 4.79 Å². The highest BCUT2D eigenvalue weighted by molar-refractivity contribution is 6.35. The maximum atomic E-state index is 12.9. The summed E-state index contributed by atoms with van der Waals surface area (Å²) in [4.78, 5) is 21.4. The zero-order chi connectivity index (χ0) is 21.3. The number of carbonyl (C=O) groups excluding carboxylic acids is 1. The Morgan fingerprint density at radius 2 is 2.13 bits per heavy atom. The second-order valence-electron chi connectivity index (χ2n) is 8.20. The van der Waals surface area contributed by atoms with E-state index >= 15 is 0 Å². The normalized spacial score (nSPS) is 24.4. The monoisotopic (exact) mass is 448 g/mol. The van der Waals surface area contributed by atoms with Crippen molar-refractivity contribution < 1.29 is 4.79 Å². The quantitative estimate of drug-likeness (QED) is 0.550. The van der Waals surface area contributed by atoms with Crippen LogP contribution in [0.3, 0.4) is 0 Å². The number of hydrogen-bond acceptors (Lipinski definition) is 5. The van der Waals surface area contributed by atoms with Gasteiger partial charge in [-0.25, -0.2) is 9.97 Å². The van der Waals surface area contributed by atoms with Gasteiger partial charge in [0.15, 0.2) is 0 Å². The van der Waals surface area contributed by atoms with E-state index in [4.69, 9.17) is 23.2 Å². The molecule has 1 unspecified atom stereocenters. The number of nitrogens with zero attached hydrogens (tertiary/aromatic N) is 4. The molecule has 0 aromatic carbocycles. The predicted octanol–water partition coefficient (Wildman–Crippen LogP) is 3.64. The van der Waals surface area contributed by atoms with Crippen LogP contribution in [0.4, 0.5) is 0 Å². The van der Waals surface area contributed by atoms with Gasteiger partial charge in [0.25, 0.3) is 5.91 Å². The molecule has 2 N–H and O–H groups in total. The summed E-state index contributed by atoms with van der Waals surface area (Å²) in [5.41, 5.74) is 2.63. The molecule has 160 valence electrons. The molecule has 7 nitrogen and oxygen atoms in total. The lowest BCUT2D eigenvalue weighted by atomic mass is 9.78. The van der Waals surface area contributed by atoms with E-state index in [0.29, 0.717) is 22.2 Å². The predicted molar refractivity (Wildman–Crippen MR) is 118 cm³/mol. The lowest BCUT2D eigenvalue weighted by Gasteiger charge is -2.36. The number of piperidine rings is 1. The van der Waals surface area contributed by atoms with Gasteiger partial charge in [0.2, 0.25) is 5.82 Å². The van der Waals surface area contributed by atoms with Crippen molar-refractivity contribution in [2.75, 3.05) is 13.1 Å². The molecule has 1 amide bonds. The van der Waals surface area contributed by atoms with Crippen LogP contribution in [0.25, 0.3) is 11.3 Å². The smallest absolute Gasteiger partial charge is 0.289 e. The van der Waals surface area contributed by atoms with Gasteiger partial charge in [-0.3, -0.25) is 9.48 Å². The third-order valence-electron chi connectivity index (χ3n) is 6.08. The number of amides is 1. The summed E-state index contributed by atoms with van der Waals surface area (Å²) < 4.78 is 1.60. The SMILES string of the molecule is CC1CC=C([C@H]2CCNC[C@@H]2NC(=O)c2ncc(-c3c(Cl)cnn3C)c(Cl)n2)CC1. The molecular formula is C21H26Cl2N6O. The fraction of sp³-hybridized carbons (Fsp3) is 0.524. The lowest BCUT2D eigenvalue weighted by Crippen LogP contribution is -2.52. The lowest BCUT2D eigenvalue weighted by molar-refractivity contribution is 0.0906. The van der Waals surface area contributed by atoms with Crippen LogP contribution in [0, 0.1) is 11.8 Å². The first-order chi connectivity index (χ1) is 14.4. The van der Waals surface area contributed by atoms with Crippen LogP contribution in [0.15, 0.2) is 24.0 Å². The molecule has 3 atom stereocenters. The summed E-state index contributed by atoms with van der Waals surface area (Å²) in [5.74, 6) is 0.830. The average Bonchev–Trinajstić information content (AvgIpc) is 3.07. The van der Waals surface area contributed by atoms with Crippen LogP contribution in [-0.2, 0) is 7.05 Å². The zero-order valence-electron chi connectivity index (χ0n) is 17.2. The number of carbonyl (C=O) groups is 1. The van der Waals surface area contributed by atoms with Gasteiger partial charge in [-0.05, 0) is 38.1 Å². The molecule has 4 rings (SSSR count). The summed E-state index contributed by atoms with van der Waals surface area (Å²) in [6.07, 6.45) is 9.90. The van der Waals surface area contributed by atoms with Gasteiger partial charge >= 0.3 is 0 Å². The molecule has 3 heterocycles. The van der Waals surface area contributed by atoms with E-state index in [0.717, 1.165) is 38.3 Å². The van der Waals surface area contributed by atoms with Crippen LogP contribution in [0.2, 0.25) is 10.2 Å². The highest BCUT2D eigenvalue weighted by atomic mass is 35.5. The Kier molecular flexibility index (Phi) is 6.41. The Hall–Kier alpha value is -1.96. The van der Waals surface area contributed by atoms with Crippen molar-refractivity contribution in [2.24, 2.45) is 18.9 Å². The molecule has 2 aromatic heterocycles. The van der Waals surface area contributed by atoms with Crippen LogP contribution >= 0.6 is 23.2 Å². The summed E-state index contributed by atoms with van der Waals surface area (Å²) in [6.45, 7) is 3.99. The van der Waals surface area contributed by atoms with Crippen molar-refractivity contribution >= 4 is 29.1 Å². The van der Waals surface area contributed by atoms with Gasteiger partial charge in [0.05, 0.1) is 22.5 Å². The standard InChI is InChI=1S/C21H26Cl2N6O/c1-12-3-5-13(6-4-12)14-7-8-24-11-17(14)27-21(30)20-25-9-15(19(23)28-20)18-16(22)10-26-29(18)2/h5,9-10,12,14,17,24H,3-4,6-8,11H2,1-2H3,(H,27,30)/t12?,14-,17+/m1/s1. The molecule has 1 aliphatic carbocycles. The van der Waals surface area contributed by atoms with E-state index < -0.39 is 0 Å². The van der Waals surface area contributed by atoms with Crippen molar-refractivity contribution in [1.29, 1.82) is 0 Å². The van der Waals surface area contributed by atoms with Crippen molar-refractivity contribution in [3.8, 4) is 11.3 Å². The molecule has 2 aliphatic rings. The third kappa shape index (κ3) is 4.38. The number of hydrogen-bond donors (Lipinski definition) is 2. The first kappa shape index (κ1) is 21.3. The first-order valence-corrected chi connectivity index (χ1v) is 11.1. The van der Waals surface area contributed by atoms with E-state index in [2.05, 4.69) is 38.7 Å². The Labute approximate surface area is 186 Å². The number of rotatable bonds is 4. The number of aryl methyl sites for hydroxylation is 1. The topological polar surface area (TPSA) is 84.7 Å². The minimum atomic E-state index is -0.317. The van der Waals surface area contributed by atoms with Crippen molar-refractivity contribution in [1.82, 2.24) is 30.4 Å². The molecule has 1 aliphatic heterocycles. The Morgan fingerprint density at radius 3 is 2.80 bits per heavy atom. The van der Waals surface area contributed by atoms with Crippen LogP contribution in [0.5, 0.6) is 0 Å². The van der Waals surface area contributed by atoms with Crippen LogP contribution in [-0.4, -0.2) is 44.8 Å². The van der Waals surface area contributed by atoms with Gasteiger partial charge in [0, 0.05) is 31.7 Å². The second kappa shape index (κ2) is 9.04. The van der Waals surface area contributed by atoms with Crippen LogP contribution in [0.1, 0.15) is 43.2 Å². The summed E-state index contributed by atoms with van der Waals surface area (Å²) in [6, 6.07) is 0.0134. The summed E-state index contributed by atoms with van der Waals surface area (Å²) in [7, 11) is 1.76. The first-order valence-electron chi connectivity index (χ1n) is 10.3. The molecule has 0 saturated carbocycles. The van der Waals surface area contributed by atoms with Crippen LogP contribution < -0.4 is 10.6 Å². The van der Waals surface area contributed by atoms with Gasteiger partial charge in [-0.15, -0.1) is 0 Å². The van der Waals surface area contributed by atoms with Gasteiger partial charge in [-0.2, -0.15) is 5.10 Å². The number of aromatic nitrogens is 4. The maximum absolute atomic E-state index is 12.9. The average molecular weight is 449 g/mol. The maximum Gasteiger partial charge on any atom is 0.289 e. The number of halogens is 2. The number of allylic oxidation sites excluding steroid dienone is 1. The number of nitrogens with one attached hydrogen (secondary N) is 2.